The maximum absolute atomic E-state index is 8.83. The third-order valence-electron chi connectivity index (χ3n) is 2.20. The number of thiophene rings is 1. The van der Waals surface area contributed by atoms with Gasteiger partial charge in [-0.15, -0.1) is 35.3 Å². The summed E-state index contributed by atoms with van der Waals surface area (Å²) in [6.45, 7) is 4.87. The van der Waals surface area contributed by atoms with Crippen molar-refractivity contribution in [3.63, 3.8) is 0 Å². The molecular weight excluding hydrogens is 359 g/mol. The summed E-state index contributed by atoms with van der Waals surface area (Å²) in [5.41, 5.74) is 5.25. The lowest BCUT2D eigenvalue weighted by atomic mass is 9.96. The molecule has 18 heavy (non-hydrogen) atoms. The SMILES string of the molecule is CC(C)(C#N)CN=C(N)NCCc1cccs1.I. The van der Waals surface area contributed by atoms with Crippen LogP contribution in [0.1, 0.15) is 18.7 Å². The lowest BCUT2D eigenvalue weighted by molar-refractivity contribution is 0.511. The second-order valence-corrected chi connectivity index (χ2v) is 5.49. The Labute approximate surface area is 129 Å². The molecule has 0 radical (unpaired) electrons. The zero-order valence-corrected chi connectivity index (χ0v) is 13.8. The standard InChI is InChI=1S/C12H18N4S.HI/c1-12(2,8-13)9-16-11(14)15-6-5-10-4-3-7-17-10;/h3-4,7H,5-6,9H2,1-2H3,(H3,14,15,16);1H. The fourth-order valence-electron chi connectivity index (χ4n) is 1.14. The van der Waals surface area contributed by atoms with Crippen molar-refractivity contribution in [3.05, 3.63) is 22.4 Å². The molecule has 0 saturated carbocycles. The first-order chi connectivity index (χ1) is 8.03. The second-order valence-electron chi connectivity index (χ2n) is 4.45. The fraction of sp³-hybridized carbons (Fsp3) is 0.500. The highest BCUT2D eigenvalue weighted by Crippen LogP contribution is 2.12. The number of guanidine groups is 1. The van der Waals surface area contributed by atoms with Crippen LogP contribution in [0.2, 0.25) is 0 Å². The van der Waals surface area contributed by atoms with E-state index in [0.29, 0.717) is 12.5 Å². The number of nitrogens with zero attached hydrogens (tertiary/aromatic N) is 2. The van der Waals surface area contributed by atoms with E-state index in [1.807, 2.05) is 19.9 Å². The summed E-state index contributed by atoms with van der Waals surface area (Å²) in [6.07, 6.45) is 0.940. The Morgan fingerprint density at radius 1 is 1.61 bits per heavy atom. The average Bonchev–Trinajstić information content (AvgIpc) is 2.80. The van der Waals surface area contributed by atoms with Crippen LogP contribution in [-0.2, 0) is 6.42 Å². The zero-order valence-electron chi connectivity index (χ0n) is 10.6. The van der Waals surface area contributed by atoms with Gasteiger partial charge in [-0.3, -0.25) is 4.99 Å². The summed E-state index contributed by atoms with van der Waals surface area (Å²) in [7, 11) is 0. The van der Waals surface area contributed by atoms with Crippen LogP contribution in [0.5, 0.6) is 0 Å². The van der Waals surface area contributed by atoms with Gasteiger partial charge in [0.25, 0.3) is 0 Å². The van der Waals surface area contributed by atoms with Gasteiger partial charge in [0.2, 0.25) is 0 Å². The molecule has 6 heteroatoms. The second kappa shape index (κ2) is 8.32. The molecule has 4 nitrogen and oxygen atoms in total. The monoisotopic (exact) mass is 378 g/mol. The Morgan fingerprint density at radius 3 is 2.89 bits per heavy atom. The molecule has 3 N–H and O–H groups in total. The molecule has 0 aliphatic rings. The van der Waals surface area contributed by atoms with Gasteiger partial charge in [0.15, 0.2) is 5.96 Å². The van der Waals surface area contributed by atoms with Crippen LogP contribution in [0.4, 0.5) is 0 Å². The van der Waals surface area contributed by atoms with Gasteiger partial charge in [-0.05, 0) is 31.7 Å². The Kier molecular flexibility index (Phi) is 7.95. The van der Waals surface area contributed by atoms with E-state index < -0.39 is 5.41 Å². The van der Waals surface area contributed by atoms with Crippen LogP contribution in [0.25, 0.3) is 0 Å². The molecule has 0 aliphatic heterocycles. The number of rotatable bonds is 5. The topological polar surface area (TPSA) is 74.2 Å². The molecule has 100 valence electrons. The molecule has 1 aromatic heterocycles. The number of aliphatic imine (C=N–C) groups is 1. The number of halogens is 1. The van der Waals surface area contributed by atoms with Gasteiger partial charge in [0.05, 0.1) is 18.0 Å². The molecule has 1 aromatic rings. The van der Waals surface area contributed by atoms with E-state index in [0.717, 1.165) is 13.0 Å². The minimum absolute atomic E-state index is 0. The van der Waals surface area contributed by atoms with E-state index in [-0.39, 0.29) is 24.0 Å². The maximum Gasteiger partial charge on any atom is 0.188 e. The molecule has 0 aromatic carbocycles. The van der Waals surface area contributed by atoms with Gasteiger partial charge in [-0.1, -0.05) is 6.07 Å². The summed E-state index contributed by atoms with van der Waals surface area (Å²) in [6, 6.07) is 6.32. The van der Waals surface area contributed by atoms with Crippen LogP contribution >= 0.6 is 35.3 Å². The summed E-state index contributed by atoms with van der Waals surface area (Å²) in [5, 5.41) is 13.9. The quantitative estimate of drug-likeness (QED) is 0.469. The number of nitrogens with one attached hydrogen (secondary N) is 1. The molecule has 1 heterocycles. The molecule has 0 bridgehead atoms. The van der Waals surface area contributed by atoms with Gasteiger partial charge in [0.1, 0.15) is 0 Å². The molecule has 0 spiro atoms. The van der Waals surface area contributed by atoms with Crippen molar-refractivity contribution >= 4 is 41.3 Å². The summed E-state index contributed by atoms with van der Waals surface area (Å²) in [4.78, 5) is 5.47. The highest BCUT2D eigenvalue weighted by atomic mass is 127. The third-order valence-corrected chi connectivity index (χ3v) is 3.14. The highest BCUT2D eigenvalue weighted by Gasteiger charge is 2.15. The van der Waals surface area contributed by atoms with Gasteiger partial charge in [0, 0.05) is 11.4 Å². The number of hydrogen-bond acceptors (Lipinski definition) is 3. The van der Waals surface area contributed by atoms with E-state index in [4.69, 9.17) is 11.0 Å². The molecule has 0 saturated heterocycles. The van der Waals surface area contributed by atoms with E-state index >= 15 is 0 Å². The molecule has 0 atom stereocenters. The predicted octanol–water partition coefficient (Wildman–Crippen LogP) is 2.36. The van der Waals surface area contributed by atoms with E-state index in [1.54, 1.807) is 11.3 Å². The first-order valence-corrected chi connectivity index (χ1v) is 6.39. The summed E-state index contributed by atoms with van der Waals surface area (Å²) < 4.78 is 0. The van der Waals surface area contributed by atoms with Crippen molar-refractivity contribution in [3.8, 4) is 6.07 Å². The van der Waals surface area contributed by atoms with Gasteiger partial charge >= 0.3 is 0 Å². The van der Waals surface area contributed by atoms with Crippen molar-refractivity contribution in [1.29, 1.82) is 5.26 Å². The van der Waals surface area contributed by atoms with Crippen molar-refractivity contribution in [1.82, 2.24) is 5.32 Å². The molecule has 0 fully saturated rings. The predicted molar refractivity (Wildman–Crippen MR) is 87.3 cm³/mol. The highest BCUT2D eigenvalue weighted by molar-refractivity contribution is 14.0. The van der Waals surface area contributed by atoms with Crippen molar-refractivity contribution < 1.29 is 0 Å². The first-order valence-electron chi connectivity index (χ1n) is 5.51. The zero-order chi connectivity index (χ0) is 12.7. The van der Waals surface area contributed by atoms with Crippen molar-refractivity contribution in [2.24, 2.45) is 16.1 Å². The van der Waals surface area contributed by atoms with Gasteiger partial charge < -0.3 is 11.1 Å². The number of hydrogen-bond donors (Lipinski definition) is 2. The van der Waals surface area contributed by atoms with Crippen LogP contribution in [0, 0.1) is 16.7 Å². The van der Waals surface area contributed by atoms with Crippen molar-refractivity contribution in [2.75, 3.05) is 13.1 Å². The Balaban J connectivity index is 0.00000289. The fourth-order valence-corrected chi connectivity index (χ4v) is 1.85. The van der Waals surface area contributed by atoms with Gasteiger partial charge in [-0.25, -0.2) is 0 Å². The maximum atomic E-state index is 8.83. The lowest BCUT2D eigenvalue weighted by Gasteiger charge is -2.12. The average molecular weight is 378 g/mol. The van der Waals surface area contributed by atoms with Crippen LogP contribution in [-0.4, -0.2) is 19.0 Å². The normalized spacial score (nSPS) is 11.5. The van der Waals surface area contributed by atoms with Crippen molar-refractivity contribution in [2.45, 2.75) is 20.3 Å². The summed E-state index contributed by atoms with van der Waals surface area (Å²) >= 11 is 1.73. The molecule has 0 aliphatic carbocycles. The van der Waals surface area contributed by atoms with E-state index in [2.05, 4.69) is 27.8 Å². The Morgan fingerprint density at radius 2 is 2.33 bits per heavy atom. The smallest absolute Gasteiger partial charge is 0.188 e. The van der Waals surface area contributed by atoms with Crippen LogP contribution in [0.15, 0.2) is 22.5 Å². The van der Waals surface area contributed by atoms with Crippen LogP contribution in [0.3, 0.4) is 0 Å². The number of nitrogens with two attached hydrogens (primary N) is 1. The Hall–Kier alpha value is -0.810. The molecule has 0 amide bonds. The van der Waals surface area contributed by atoms with E-state index in [9.17, 15) is 0 Å². The summed E-state index contributed by atoms with van der Waals surface area (Å²) in [5.74, 6) is 0.407. The first kappa shape index (κ1) is 17.2. The largest absolute Gasteiger partial charge is 0.370 e. The van der Waals surface area contributed by atoms with Gasteiger partial charge in [-0.2, -0.15) is 5.26 Å². The molecular formula is C12H19IN4S. The molecule has 0 unspecified atom stereocenters. The van der Waals surface area contributed by atoms with E-state index in [1.165, 1.54) is 4.88 Å². The molecule has 1 rings (SSSR count). The number of nitriles is 1. The van der Waals surface area contributed by atoms with Crippen LogP contribution < -0.4 is 11.1 Å². The third kappa shape index (κ3) is 6.81. The Bertz CT molecular complexity index is 406. The lowest BCUT2D eigenvalue weighted by Crippen LogP contribution is -2.34. The minimum Gasteiger partial charge on any atom is -0.370 e. The minimum atomic E-state index is -0.458.